The van der Waals surface area contributed by atoms with E-state index in [0.717, 1.165) is 32.1 Å². The molecule has 2 rings (SSSR count). The molecular formula is C12H22N2O2. The lowest BCUT2D eigenvalue weighted by Gasteiger charge is -2.48. The first kappa shape index (κ1) is 11.9. The first-order chi connectivity index (χ1) is 7.46. The summed E-state index contributed by atoms with van der Waals surface area (Å²) in [4.78, 5) is 13.6. The van der Waals surface area contributed by atoms with E-state index in [1.54, 1.807) is 4.90 Å². The number of aliphatic hydroxyl groups is 1. The van der Waals surface area contributed by atoms with Crippen LogP contribution in [0.4, 0.5) is 0 Å². The van der Waals surface area contributed by atoms with Gasteiger partial charge >= 0.3 is 0 Å². The maximum atomic E-state index is 11.9. The van der Waals surface area contributed by atoms with Crippen molar-refractivity contribution < 1.29 is 9.90 Å². The van der Waals surface area contributed by atoms with Gasteiger partial charge in [-0.3, -0.25) is 4.79 Å². The van der Waals surface area contributed by atoms with Crippen LogP contribution in [0.5, 0.6) is 0 Å². The second-order valence-corrected chi connectivity index (χ2v) is 5.62. The summed E-state index contributed by atoms with van der Waals surface area (Å²) in [7, 11) is 0. The Bertz CT molecular complexity index is 281. The van der Waals surface area contributed by atoms with Crippen LogP contribution in [0, 0.1) is 0 Å². The molecule has 0 aromatic rings. The summed E-state index contributed by atoms with van der Waals surface area (Å²) in [5.74, 6) is 0.114. The number of hydrogen-bond acceptors (Lipinski definition) is 3. The molecule has 92 valence electrons. The number of amides is 1. The number of carbonyl (C=O) groups excluding carboxylic acids is 1. The molecule has 2 aliphatic rings. The van der Waals surface area contributed by atoms with Crippen molar-refractivity contribution in [1.29, 1.82) is 0 Å². The number of carbonyl (C=O) groups is 1. The Hall–Kier alpha value is -0.610. The van der Waals surface area contributed by atoms with E-state index in [1.807, 2.05) is 6.92 Å². The fraction of sp³-hybridized carbons (Fsp3) is 0.917. The van der Waals surface area contributed by atoms with Crippen molar-refractivity contribution in [3.8, 4) is 0 Å². The fourth-order valence-electron chi connectivity index (χ4n) is 2.68. The summed E-state index contributed by atoms with van der Waals surface area (Å²) in [5, 5.41) is 9.97. The van der Waals surface area contributed by atoms with Crippen LogP contribution in [-0.4, -0.2) is 40.1 Å². The largest absolute Gasteiger partial charge is 0.386 e. The van der Waals surface area contributed by atoms with Crippen molar-refractivity contribution in [3.63, 3.8) is 0 Å². The second-order valence-electron chi connectivity index (χ2n) is 5.62. The third-order valence-electron chi connectivity index (χ3n) is 3.89. The van der Waals surface area contributed by atoms with E-state index in [-0.39, 0.29) is 11.4 Å². The van der Waals surface area contributed by atoms with E-state index < -0.39 is 5.60 Å². The predicted octanol–water partition coefficient (Wildman–Crippen LogP) is 0.631. The van der Waals surface area contributed by atoms with Gasteiger partial charge in [-0.1, -0.05) is 13.3 Å². The Morgan fingerprint density at radius 3 is 2.50 bits per heavy atom. The van der Waals surface area contributed by atoms with Crippen LogP contribution in [0.2, 0.25) is 0 Å². The number of hydrogen-bond donors (Lipinski definition) is 2. The van der Waals surface area contributed by atoms with E-state index in [9.17, 15) is 9.90 Å². The van der Waals surface area contributed by atoms with E-state index in [1.165, 1.54) is 0 Å². The summed E-state index contributed by atoms with van der Waals surface area (Å²) in [6, 6.07) is 0. The Balaban J connectivity index is 1.76. The van der Waals surface area contributed by atoms with Gasteiger partial charge in [-0.2, -0.15) is 0 Å². The van der Waals surface area contributed by atoms with Crippen LogP contribution < -0.4 is 5.73 Å². The Kier molecular flexibility index (Phi) is 2.97. The third kappa shape index (κ3) is 2.23. The molecule has 1 aliphatic carbocycles. The molecule has 0 aromatic heterocycles. The van der Waals surface area contributed by atoms with Gasteiger partial charge in [0.1, 0.15) is 0 Å². The van der Waals surface area contributed by atoms with Gasteiger partial charge in [0.05, 0.1) is 18.7 Å². The zero-order valence-corrected chi connectivity index (χ0v) is 10.0. The number of likely N-dealkylation sites (tertiary alicyclic amines) is 1. The molecular weight excluding hydrogens is 204 g/mol. The minimum atomic E-state index is -0.619. The molecule has 0 spiro atoms. The standard InChI is InChI=1S/C12H22N2O2/c1-2-4-12(16)8-14(9-12)10(15)7-11(13)5-3-6-11/h16H,2-9,13H2,1H3. The highest BCUT2D eigenvalue weighted by Gasteiger charge is 2.45. The first-order valence-electron chi connectivity index (χ1n) is 6.25. The molecule has 16 heavy (non-hydrogen) atoms. The maximum absolute atomic E-state index is 11.9. The van der Waals surface area contributed by atoms with Crippen molar-refractivity contribution in [1.82, 2.24) is 4.90 Å². The van der Waals surface area contributed by atoms with E-state index in [0.29, 0.717) is 19.5 Å². The van der Waals surface area contributed by atoms with Gasteiger partial charge in [0.2, 0.25) is 5.91 Å². The zero-order valence-electron chi connectivity index (χ0n) is 10.0. The Labute approximate surface area is 96.8 Å². The lowest BCUT2D eigenvalue weighted by atomic mass is 9.74. The van der Waals surface area contributed by atoms with Crippen molar-refractivity contribution >= 4 is 5.91 Å². The molecule has 0 unspecified atom stereocenters. The van der Waals surface area contributed by atoms with Crippen LogP contribution >= 0.6 is 0 Å². The minimum Gasteiger partial charge on any atom is -0.386 e. The van der Waals surface area contributed by atoms with Gasteiger partial charge in [-0.25, -0.2) is 0 Å². The zero-order chi connectivity index (χ0) is 11.8. The van der Waals surface area contributed by atoms with Crippen molar-refractivity contribution in [2.24, 2.45) is 5.73 Å². The number of β-amino-alcohol motifs (C(OH)–C–C–N with tert-alkyl or cyclic N) is 1. The minimum absolute atomic E-state index is 0.114. The van der Waals surface area contributed by atoms with Gasteiger partial charge in [0.25, 0.3) is 0 Å². The van der Waals surface area contributed by atoms with Crippen LogP contribution in [0.25, 0.3) is 0 Å². The average molecular weight is 226 g/mol. The molecule has 0 atom stereocenters. The predicted molar refractivity (Wildman–Crippen MR) is 61.8 cm³/mol. The number of nitrogens with zero attached hydrogens (tertiary/aromatic N) is 1. The summed E-state index contributed by atoms with van der Waals surface area (Å²) in [5.41, 5.74) is 5.18. The van der Waals surface area contributed by atoms with Gasteiger partial charge in [-0.05, 0) is 25.7 Å². The number of nitrogens with two attached hydrogens (primary N) is 1. The van der Waals surface area contributed by atoms with Gasteiger partial charge < -0.3 is 15.7 Å². The molecule has 2 fully saturated rings. The third-order valence-corrected chi connectivity index (χ3v) is 3.89. The molecule has 4 heteroatoms. The molecule has 0 bridgehead atoms. The molecule has 1 aliphatic heterocycles. The first-order valence-corrected chi connectivity index (χ1v) is 6.25. The average Bonchev–Trinajstić information content (AvgIpc) is 2.11. The van der Waals surface area contributed by atoms with Crippen LogP contribution in [-0.2, 0) is 4.79 Å². The molecule has 4 nitrogen and oxygen atoms in total. The highest BCUT2D eigenvalue weighted by atomic mass is 16.3. The molecule has 1 saturated carbocycles. The highest BCUT2D eigenvalue weighted by Crippen LogP contribution is 2.34. The summed E-state index contributed by atoms with van der Waals surface area (Å²) >= 11 is 0. The van der Waals surface area contributed by atoms with Crippen LogP contribution in [0.3, 0.4) is 0 Å². The molecule has 1 heterocycles. The van der Waals surface area contributed by atoms with E-state index in [4.69, 9.17) is 5.73 Å². The highest BCUT2D eigenvalue weighted by molar-refractivity contribution is 5.78. The quantitative estimate of drug-likeness (QED) is 0.739. The normalized spacial score (nSPS) is 25.8. The molecule has 1 saturated heterocycles. The summed E-state index contributed by atoms with van der Waals surface area (Å²) in [6.07, 6.45) is 5.26. The van der Waals surface area contributed by atoms with Crippen molar-refractivity contribution in [2.45, 2.75) is 56.6 Å². The smallest absolute Gasteiger partial charge is 0.224 e. The van der Waals surface area contributed by atoms with Gasteiger partial charge in [-0.15, -0.1) is 0 Å². The SMILES string of the molecule is CCCC1(O)CN(C(=O)CC2(N)CCC2)C1. The molecule has 0 aromatic carbocycles. The molecule has 0 radical (unpaired) electrons. The van der Waals surface area contributed by atoms with Crippen LogP contribution in [0.1, 0.15) is 45.4 Å². The second kappa shape index (κ2) is 4.00. The lowest BCUT2D eigenvalue weighted by molar-refractivity contribution is -0.158. The summed E-state index contributed by atoms with van der Waals surface area (Å²) in [6.45, 7) is 3.04. The van der Waals surface area contributed by atoms with Gasteiger partial charge in [0.15, 0.2) is 0 Å². The fourth-order valence-corrected chi connectivity index (χ4v) is 2.68. The molecule has 3 N–H and O–H groups in total. The maximum Gasteiger partial charge on any atom is 0.224 e. The summed E-state index contributed by atoms with van der Waals surface area (Å²) < 4.78 is 0. The Morgan fingerprint density at radius 1 is 1.44 bits per heavy atom. The van der Waals surface area contributed by atoms with Crippen molar-refractivity contribution in [2.75, 3.05) is 13.1 Å². The van der Waals surface area contributed by atoms with E-state index >= 15 is 0 Å². The Morgan fingerprint density at radius 2 is 2.06 bits per heavy atom. The van der Waals surface area contributed by atoms with Crippen LogP contribution in [0.15, 0.2) is 0 Å². The van der Waals surface area contributed by atoms with Crippen molar-refractivity contribution in [3.05, 3.63) is 0 Å². The lowest BCUT2D eigenvalue weighted by Crippen LogP contribution is -2.64. The van der Waals surface area contributed by atoms with E-state index in [2.05, 4.69) is 0 Å². The molecule has 1 amide bonds. The monoisotopic (exact) mass is 226 g/mol. The van der Waals surface area contributed by atoms with Gasteiger partial charge in [0, 0.05) is 12.0 Å². The topological polar surface area (TPSA) is 66.6 Å². The number of rotatable bonds is 4.